The van der Waals surface area contributed by atoms with Crippen LogP contribution in [-0.4, -0.2) is 17.5 Å². The number of fused-ring (bicyclic) bond motifs is 5. The highest BCUT2D eigenvalue weighted by Crippen LogP contribution is 2.61. The Balaban J connectivity index is 1.37. The van der Waals surface area contributed by atoms with Gasteiger partial charge in [-0.05, 0) is 78.2 Å². The zero-order valence-electron chi connectivity index (χ0n) is 17.1. The van der Waals surface area contributed by atoms with Gasteiger partial charge in [-0.15, -0.1) is 0 Å². The summed E-state index contributed by atoms with van der Waals surface area (Å²) in [6, 6.07) is 16.9. The van der Waals surface area contributed by atoms with Gasteiger partial charge in [-0.2, -0.15) is 0 Å². The summed E-state index contributed by atoms with van der Waals surface area (Å²) in [7, 11) is 0. The van der Waals surface area contributed by atoms with Crippen LogP contribution in [0.25, 0.3) is 0 Å². The van der Waals surface area contributed by atoms with Gasteiger partial charge in [-0.25, -0.2) is 0 Å². The summed E-state index contributed by atoms with van der Waals surface area (Å²) in [6.45, 7) is 2.91. The molecule has 0 aromatic heterocycles. The van der Waals surface area contributed by atoms with Gasteiger partial charge >= 0.3 is 0 Å². The molecule has 0 amide bonds. The fraction of sp³-hybridized carbons (Fsp3) is 0.500. The SMILES string of the molecule is C[C@]12CC[C@@H]3c4ccc(OCc5ccccc5)cc4CC[C@H]3[C@@H]1C(CO)CC2=O. The van der Waals surface area contributed by atoms with E-state index in [-0.39, 0.29) is 17.9 Å². The molecule has 5 atom stereocenters. The first-order chi connectivity index (χ1) is 14.1. The molecule has 0 radical (unpaired) electrons. The third kappa shape index (κ3) is 3.11. The van der Waals surface area contributed by atoms with E-state index in [2.05, 4.69) is 37.3 Å². The van der Waals surface area contributed by atoms with Crippen LogP contribution >= 0.6 is 0 Å². The molecule has 0 aliphatic heterocycles. The molecule has 0 heterocycles. The Morgan fingerprint density at radius 2 is 1.97 bits per heavy atom. The van der Waals surface area contributed by atoms with E-state index in [4.69, 9.17) is 4.74 Å². The van der Waals surface area contributed by atoms with Crippen LogP contribution in [0.5, 0.6) is 5.75 Å². The smallest absolute Gasteiger partial charge is 0.139 e. The third-order valence-corrected chi connectivity index (χ3v) is 8.02. The number of hydrogen-bond donors (Lipinski definition) is 1. The highest BCUT2D eigenvalue weighted by molar-refractivity contribution is 5.87. The Labute approximate surface area is 173 Å². The van der Waals surface area contributed by atoms with Gasteiger partial charge < -0.3 is 9.84 Å². The predicted molar refractivity (Wildman–Crippen MR) is 113 cm³/mol. The van der Waals surface area contributed by atoms with E-state index in [1.165, 1.54) is 16.7 Å². The number of Topliss-reactive ketones (excluding diaryl/α,β-unsaturated/α-hetero) is 1. The molecule has 1 unspecified atom stereocenters. The van der Waals surface area contributed by atoms with Gasteiger partial charge in [0, 0.05) is 18.4 Å². The second-order valence-electron chi connectivity index (χ2n) is 9.50. The molecule has 2 saturated carbocycles. The number of benzene rings is 2. The summed E-state index contributed by atoms with van der Waals surface area (Å²) in [4.78, 5) is 12.7. The molecule has 3 aliphatic rings. The fourth-order valence-corrected chi connectivity index (χ4v) is 6.61. The van der Waals surface area contributed by atoms with Crippen molar-refractivity contribution in [1.82, 2.24) is 0 Å². The monoisotopic (exact) mass is 390 g/mol. The van der Waals surface area contributed by atoms with E-state index in [0.29, 0.717) is 36.6 Å². The maximum atomic E-state index is 12.7. The van der Waals surface area contributed by atoms with Crippen molar-refractivity contribution in [3.8, 4) is 5.75 Å². The minimum atomic E-state index is -0.217. The van der Waals surface area contributed by atoms with Gasteiger partial charge in [-0.1, -0.05) is 43.3 Å². The number of carbonyl (C=O) groups excluding carboxylic acids is 1. The van der Waals surface area contributed by atoms with Crippen molar-refractivity contribution in [2.45, 2.75) is 51.6 Å². The molecule has 3 aliphatic carbocycles. The van der Waals surface area contributed by atoms with E-state index in [9.17, 15) is 9.90 Å². The standard InChI is InChI=1S/C26H30O3/c1-26-12-11-22-21-10-8-20(29-16-17-5-3-2-4-6-17)13-18(21)7-9-23(22)25(26)19(15-27)14-24(26)28/h2-6,8,10,13,19,22-23,25,27H,7,9,11-12,14-16H2,1H3/t19?,22-,23-,25+,26-/m1/s1. The van der Waals surface area contributed by atoms with Gasteiger partial charge in [0.2, 0.25) is 0 Å². The fourth-order valence-electron chi connectivity index (χ4n) is 6.61. The molecule has 5 rings (SSSR count). The topological polar surface area (TPSA) is 46.5 Å². The highest BCUT2D eigenvalue weighted by Gasteiger charge is 2.58. The highest BCUT2D eigenvalue weighted by atomic mass is 16.5. The molecule has 0 spiro atoms. The summed E-state index contributed by atoms with van der Waals surface area (Å²) in [5.41, 5.74) is 3.82. The molecule has 0 bridgehead atoms. The normalized spacial score (nSPS) is 33.0. The Kier molecular flexibility index (Phi) is 4.74. The summed E-state index contributed by atoms with van der Waals surface area (Å²) in [5.74, 6) is 2.84. The number of ketones is 1. The van der Waals surface area contributed by atoms with E-state index in [1.54, 1.807) is 0 Å². The van der Waals surface area contributed by atoms with Gasteiger partial charge in [-0.3, -0.25) is 4.79 Å². The van der Waals surface area contributed by atoms with E-state index < -0.39 is 0 Å². The van der Waals surface area contributed by atoms with Crippen molar-refractivity contribution in [2.24, 2.45) is 23.2 Å². The number of aliphatic hydroxyl groups excluding tert-OH is 1. The molecule has 1 N–H and O–H groups in total. The van der Waals surface area contributed by atoms with Gasteiger partial charge in [0.25, 0.3) is 0 Å². The van der Waals surface area contributed by atoms with Crippen molar-refractivity contribution in [3.63, 3.8) is 0 Å². The molecule has 29 heavy (non-hydrogen) atoms. The summed E-state index contributed by atoms with van der Waals surface area (Å²) in [6.07, 6.45) is 4.76. The zero-order chi connectivity index (χ0) is 20.0. The van der Waals surface area contributed by atoms with Crippen LogP contribution in [-0.2, 0) is 17.8 Å². The van der Waals surface area contributed by atoms with E-state index in [0.717, 1.165) is 31.4 Å². The minimum absolute atomic E-state index is 0.147. The van der Waals surface area contributed by atoms with Crippen molar-refractivity contribution in [2.75, 3.05) is 6.61 Å². The Morgan fingerprint density at radius 3 is 2.76 bits per heavy atom. The number of rotatable bonds is 4. The van der Waals surface area contributed by atoms with Crippen LogP contribution in [0.3, 0.4) is 0 Å². The van der Waals surface area contributed by atoms with Crippen molar-refractivity contribution in [3.05, 3.63) is 65.2 Å². The number of carbonyl (C=O) groups is 1. The second-order valence-corrected chi connectivity index (χ2v) is 9.50. The van der Waals surface area contributed by atoms with Crippen LogP contribution in [0.2, 0.25) is 0 Å². The molecule has 2 aromatic rings. The van der Waals surface area contributed by atoms with Gasteiger partial charge in [0.15, 0.2) is 0 Å². The van der Waals surface area contributed by atoms with Crippen LogP contribution in [0.4, 0.5) is 0 Å². The van der Waals surface area contributed by atoms with Crippen LogP contribution < -0.4 is 4.74 Å². The average Bonchev–Trinajstić information content (AvgIpc) is 3.03. The first-order valence-electron chi connectivity index (χ1n) is 11.0. The minimum Gasteiger partial charge on any atom is -0.489 e. The molecule has 3 nitrogen and oxygen atoms in total. The Hall–Kier alpha value is -2.13. The van der Waals surface area contributed by atoms with E-state index >= 15 is 0 Å². The molecule has 0 saturated heterocycles. The van der Waals surface area contributed by atoms with E-state index in [1.807, 2.05) is 18.2 Å². The van der Waals surface area contributed by atoms with Crippen molar-refractivity contribution >= 4 is 5.78 Å². The molecule has 2 aromatic carbocycles. The average molecular weight is 391 g/mol. The Bertz CT molecular complexity index is 905. The number of ether oxygens (including phenoxy) is 1. The van der Waals surface area contributed by atoms with Crippen molar-refractivity contribution < 1.29 is 14.6 Å². The van der Waals surface area contributed by atoms with Crippen LogP contribution in [0.15, 0.2) is 48.5 Å². The Morgan fingerprint density at radius 1 is 1.14 bits per heavy atom. The zero-order valence-corrected chi connectivity index (χ0v) is 17.1. The number of aliphatic hydroxyl groups is 1. The summed E-state index contributed by atoms with van der Waals surface area (Å²) in [5, 5.41) is 9.94. The second kappa shape index (κ2) is 7.28. The lowest BCUT2D eigenvalue weighted by atomic mass is 9.54. The molecule has 3 heteroatoms. The summed E-state index contributed by atoms with van der Waals surface area (Å²) >= 11 is 0. The van der Waals surface area contributed by atoms with Gasteiger partial charge in [0.05, 0.1) is 0 Å². The molecule has 2 fully saturated rings. The van der Waals surface area contributed by atoms with Crippen LogP contribution in [0.1, 0.15) is 55.2 Å². The quantitative estimate of drug-likeness (QED) is 0.807. The van der Waals surface area contributed by atoms with Gasteiger partial charge in [0.1, 0.15) is 18.1 Å². The lowest BCUT2D eigenvalue weighted by molar-refractivity contribution is -0.129. The molecular weight excluding hydrogens is 360 g/mol. The summed E-state index contributed by atoms with van der Waals surface area (Å²) < 4.78 is 6.05. The lowest BCUT2D eigenvalue weighted by Gasteiger charge is -2.49. The maximum Gasteiger partial charge on any atom is 0.139 e. The number of hydrogen-bond acceptors (Lipinski definition) is 3. The maximum absolute atomic E-state index is 12.7. The predicted octanol–water partition coefficient (Wildman–Crippen LogP) is 4.91. The first kappa shape index (κ1) is 18.9. The molecule has 152 valence electrons. The third-order valence-electron chi connectivity index (χ3n) is 8.02. The van der Waals surface area contributed by atoms with Crippen molar-refractivity contribution in [1.29, 1.82) is 0 Å². The number of aryl methyl sites for hydroxylation is 1. The first-order valence-corrected chi connectivity index (χ1v) is 11.0. The lowest BCUT2D eigenvalue weighted by Crippen LogP contribution is -2.44. The molecular formula is C26H30O3. The van der Waals surface area contributed by atoms with Crippen LogP contribution in [0, 0.1) is 23.2 Å². The largest absolute Gasteiger partial charge is 0.489 e.